The second-order valence-electron chi connectivity index (χ2n) is 3.75. The first-order valence-electron chi connectivity index (χ1n) is 5.44. The zero-order chi connectivity index (χ0) is 15.6. The van der Waals surface area contributed by atoms with E-state index in [2.05, 4.69) is 31.0 Å². The van der Waals surface area contributed by atoms with Crippen LogP contribution in [0.2, 0.25) is 0 Å². The molecule has 2 heterocycles. The third kappa shape index (κ3) is 3.49. The number of rotatable bonds is 5. The van der Waals surface area contributed by atoms with Crippen LogP contribution in [0.1, 0.15) is 0 Å². The van der Waals surface area contributed by atoms with Crippen molar-refractivity contribution in [2.75, 3.05) is 17.1 Å². The number of halogens is 1. The highest BCUT2D eigenvalue weighted by atomic mass is 79.9. The van der Waals surface area contributed by atoms with Crippen molar-refractivity contribution in [3.63, 3.8) is 0 Å². The van der Waals surface area contributed by atoms with Gasteiger partial charge in [0.15, 0.2) is 5.00 Å². The molecule has 11 heteroatoms. The van der Waals surface area contributed by atoms with E-state index in [1.807, 2.05) is 0 Å². The number of sulfonamides is 1. The third-order valence-corrected chi connectivity index (χ3v) is 5.78. The molecule has 2 rings (SSSR count). The van der Waals surface area contributed by atoms with Gasteiger partial charge in [-0.05, 0) is 28.1 Å². The summed E-state index contributed by atoms with van der Waals surface area (Å²) in [6.07, 6.45) is 1.44. The summed E-state index contributed by atoms with van der Waals surface area (Å²) in [7, 11) is -2.44. The number of aromatic nitrogens is 1. The van der Waals surface area contributed by atoms with E-state index in [0.29, 0.717) is 4.47 Å². The highest BCUT2D eigenvalue weighted by molar-refractivity contribution is 9.10. The maximum Gasteiger partial charge on any atom is 0.304 e. The van der Waals surface area contributed by atoms with Crippen LogP contribution in [-0.4, -0.2) is 25.4 Å². The third-order valence-electron chi connectivity index (χ3n) is 2.34. The maximum atomic E-state index is 12.2. The largest absolute Gasteiger partial charge is 0.374 e. The summed E-state index contributed by atoms with van der Waals surface area (Å²) in [5.74, 6) is 0.125. The first-order valence-corrected chi connectivity index (χ1v) is 8.53. The van der Waals surface area contributed by atoms with Crippen LogP contribution in [0, 0.1) is 10.1 Å². The molecule has 0 amide bonds. The Kier molecular flexibility index (Phi) is 4.44. The minimum atomic E-state index is -3.93. The monoisotopic (exact) mass is 392 g/mol. The van der Waals surface area contributed by atoms with Crippen molar-refractivity contribution in [3.8, 4) is 0 Å². The van der Waals surface area contributed by atoms with E-state index in [9.17, 15) is 18.5 Å². The highest BCUT2D eigenvalue weighted by Gasteiger charge is 2.26. The van der Waals surface area contributed by atoms with E-state index in [4.69, 9.17) is 0 Å². The molecule has 0 saturated heterocycles. The van der Waals surface area contributed by atoms with Crippen molar-refractivity contribution in [3.05, 3.63) is 39.0 Å². The van der Waals surface area contributed by atoms with Crippen LogP contribution < -0.4 is 10.0 Å². The molecule has 0 aromatic carbocycles. The Balaban J connectivity index is 2.35. The van der Waals surface area contributed by atoms with E-state index in [1.165, 1.54) is 19.3 Å². The molecule has 2 aromatic rings. The fourth-order valence-corrected chi connectivity index (χ4v) is 3.95. The Morgan fingerprint density at radius 1 is 1.43 bits per heavy atom. The quantitative estimate of drug-likeness (QED) is 0.596. The van der Waals surface area contributed by atoms with Gasteiger partial charge in [0.25, 0.3) is 10.0 Å². The van der Waals surface area contributed by atoms with E-state index in [0.717, 1.165) is 17.4 Å². The molecule has 0 saturated carbocycles. The van der Waals surface area contributed by atoms with Crippen molar-refractivity contribution in [1.29, 1.82) is 0 Å². The van der Waals surface area contributed by atoms with Gasteiger partial charge < -0.3 is 5.32 Å². The molecule has 8 nitrogen and oxygen atoms in total. The first-order chi connectivity index (χ1) is 9.83. The summed E-state index contributed by atoms with van der Waals surface area (Å²) in [4.78, 5) is 14.1. The number of nitrogens with one attached hydrogen (secondary N) is 2. The fraction of sp³-hybridized carbons (Fsp3) is 0.100. The predicted molar refractivity (Wildman–Crippen MR) is 83.3 cm³/mol. The number of hydrogen-bond donors (Lipinski definition) is 2. The van der Waals surface area contributed by atoms with Gasteiger partial charge in [0.05, 0.1) is 4.92 Å². The van der Waals surface area contributed by atoms with E-state index >= 15 is 0 Å². The Morgan fingerprint density at radius 2 is 2.14 bits per heavy atom. The molecule has 0 spiro atoms. The number of thiophene rings is 1. The lowest BCUT2D eigenvalue weighted by Crippen LogP contribution is -2.12. The average Bonchev–Trinajstić information content (AvgIpc) is 2.86. The molecular formula is C10H9BrN4O4S2. The lowest BCUT2D eigenvalue weighted by atomic mass is 10.5. The number of anilines is 2. The van der Waals surface area contributed by atoms with Crippen LogP contribution in [-0.2, 0) is 10.0 Å². The van der Waals surface area contributed by atoms with Gasteiger partial charge in [-0.25, -0.2) is 13.4 Å². The summed E-state index contributed by atoms with van der Waals surface area (Å²) in [5, 5.41) is 13.6. The van der Waals surface area contributed by atoms with Gasteiger partial charge in [0.2, 0.25) is 0 Å². The predicted octanol–water partition coefficient (Wildman–Crippen LogP) is 2.66. The Bertz CT molecular complexity index is 773. The molecule has 21 heavy (non-hydrogen) atoms. The Labute approximate surface area is 132 Å². The number of pyridine rings is 1. The summed E-state index contributed by atoms with van der Waals surface area (Å²) in [5.41, 5.74) is -0.286. The van der Waals surface area contributed by atoms with Crippen molar-refractivity contribution in [2.24, 2.45) is 0 Å². The molecule has 0 atom stereocenters. The Morgan fingerprint density at radius 3 is 2.62 bits per heavy atom. The molecule has 2 N–H and O–H groups in total. The van der Waals surface area contributed by atoms with E-state index in [-0.39, 0.29) is 20.7 Å². The van der Waals surface area contributed by atoms with Crippen LogP contribution in [0.25, 0.3) is 0 Å². The lowest BCUT2D eigenvalue weighted by molar-refractivity contribution is -0.383. The van der Waals surface area contributed by atoms with Crippen LogP contribution >= 0.6 is 27.3 Å². The van der Waals surface area contributed by atoms with Crippen LogP contribution in [0.4, 0.5) is 16.5 Å². The van der Waals surface area contributed by atoms with E-state index in [1.54, 1.807) is 6.07 Å². The molecular weight excluding hydrogens is 384 g/mol. The molecule has 112 valence electrons. The molecule has 0 bridgehead atoms. The molecule has 0 radical (unpaired) electrons. The summed E-state index contributed by atoms with van der Waals surface area (Å²) in [6, 6.07) is 4.11. The van der Waals surface area contributed by atoms with Gasteiger partial charge in [-0.2, -0.15) is 0 Å². The molecule has 2 aromatic heterocycles. The molecule has 0 aliphatic rings. The van der Waals surface area contributed by atoms with Crippen molar-refractivity contribution < 1.29 is 13.3 Å². The molecule has 0 fully saturated rings. The molecule has 0 aliphatic heterocycles. The van der Waals surface area contributed by atoms with Crippen molar-refractivity contribution in [1.82, 2.24) is 4.98 Å². The first kappa shape index (κ1) is 15.7. The highest BCUT2D eigenvalue weighted by Crippen LogP contribution is 2.37. The minimum absolute atomic E-state index is 0.125. The lowest BCUT2D eigenvalue weighted by Gasteiger charge is -2.04. The minimum Gasteiger partial charge on any atom is -0.374 e. The number of nitro groups is 1. The second-order valence-corrected chi connectivity index (χ2v) is 7.63. The van der Waals surface area contributed by atoms with E-state index < -0.39 is 14.9 Å². The zero-order valence-corrected chi connectivity index (χ0v) is 13.8. The van der Waals surface area contributed by atoms with Crippen LogP contribution in [0.3, 0.4) is 0 Å². The van der Waals surface area contributed by atoms with Crippen LogP contribution in [0.15, 0.2) is 33.1 Å². The van der Waals surface area contributed by atoms with Crippen LogP contribution in [0.5, 0.6) is 0 Å². The maximum absolute atomic E-state index is 12.2. The number of hydrogen-bond acceptors (Lipinski definition) is 7. The number of nitrogens with zero attached hydrogens (tertiary/aromatic N) is 2. The Hall–Kier alpha value is -1.72. The van der Waals surface area contributed by atoms with Gasteiger partial charge >= 0.3 is 5.69 Å². The summed E-state index contributed by atoms with van der Waals surface area (Å²) >= 11 is 3.96. The fourth-order valence-electron chi connectivity index (χ4n) is 1.43. The standard InChI is InChI=1S/C10H9BrN4O4S2/c1-12-10-7(15(16)17)4-9(20-10)21(18,19)14-8-3-2-6(11)5-13-8/h2-5,12H,1H3,(H,13,14). The zero-order valence-electron chi connectivity index (χ0n) is 10.5. The van der Waals surface area contributed by atoms with Gasteiger partial charge in [-0.1, -0.05) is 11.3 Å². The van der Waals surface area contributed by atoms with Gasteiger partial charge in [0, 0.05) is 23.8 Å². The van der Waals surface area contributed by atoms with Gasteiger partial charge in [0.1, 0.15) is 10.0 Å². The van der Waals surface area contributed by atoms with Crippen molar-refractivity contribution >= 4 is 53.8 Å². The summed E-state index contributed by atoms with van der Waals surface area (Å²) in [6.45, 7) is 0. The molecule has 0 unspecified atom stereocenters. The summed E-state index contributed by atoms with van der Waals surface area (Å²) < 4.78 is 27.2. The normalized spacial score (nSPS) is 11.1. The van der Waals surface area contributed by atoms with Crippen molar-refractivity contribution in [2.45, 2.75) is 4.21 Å². The van der Waals surface area contributed by atoms with Gasteiger partial charge in [-0.3, -0.25) is 14.8 Å². The van der Waals surface area contributed by atoms with Gasteiger partial charge in [-0.15, -0.1) is 0 Å². The SMILES string of the molecule is CNc1sc(S(=O)(=O)Nc2ccc(Br)cn2)cc1[N+](=O)[O-]. The topological polar surface area (TPSA) is 114 Å². The smallest absolute Gasteiger partial charge is 0.304 e. The average molecular weight is 393 g/mol. The molecule has 0 aliphatic carbocycles. The second kappa shape index (κ2) is 5.95.